The zero-order valence-electron chi connectivity index (χ0n) is 6.12. The Kier molecular flexibility index (Phi) is 2.98. The molecule has 5 nitrogen and oxygen atoms in total. The second kappa shape index (κ2) is 4.32. The lowest BCUT2D eigenvalue weighted by Crippen LogP contribution is -2.11. The Hall–Kier alpha value is -1.52. The standard InChI is InChI=1S/C6H11N5/c7-4-11-10-2-1-6-3-8-5-9-6/h3-5,10H,1-2H2,(H2,7,11)(H,8,9). The highest BCUT2D eigenvalue weighted by Crippen LogP contribution is 1.89. The molecule has 4 N–H and O–H groups in total. The van der Waals surface area contributed by atoms with Crippen LogP contribution in [0.5, 0.6) is 0 Å². The summed E-state index contributed by atoms with van der Waals surface area (Å²) in [5, 5.41) is 3.64. The van der Waals surface area contributed by atoms with Crippen molar-refractivity contribution in [1.29, 1.82) is 0 Å². The maximum absolute atomic E-state index is 5.01. The molecule has 0 saturated carbocycles. The van der Waals surface area contributed by atoms with E-state index in [0.717, 1.165) is 18.7 Å². The minimum atomic E-state index is 0.760. The number of hydrogen-bond donors (Lipinski definition) is 3. The number of rotatable bonds is 4. The van der Waals surface area contributed by atoms with Gasteiger partial charge in [-0.05, 0) is 0 Å². The van der Waals surface area contributed by atoms with Gasteiger partial charge < -0.3 is 16.1 Å². The fourth-order valence-electron chi connectivity index (χ4n) is 0.729. The van der Waals surface area contributed by atoms with Crippen LogP contribution in [0.2, 0.25) is 0 Å². The summed E-state index contributed by atoms with van der Waals surface area (Å²) in [4.78, 5) is 6.85. The van der Waals surface area contributed by atoms with Gasteiger partial charge in [0.1, 0.15) is 6.34 Å². The molecule has 1 aromatic heterocycles. The first-order chi connectivity index (χ1) is 5.43. The maximum atomic E-state index is 5.01. The van der Waals surface area contributed by atoms with Crippen molar-refractivity contribution < 1.29 is 0 Å². The highest BCUT2D eigenvalue weighted by Gasteiger charge is 1.90. The lowest BCUT2D eigenvalue weighted by molar-refractivity contribution is 0.725. The Morgan fingerprint density at radius 3 is 3.36 bits per heavy atom. The zero-order chi connectivity index (χ0) is 7.94. The van der Waals surface area contributed by atoms with Crippen molar-refractivity contribution in [1.82, 2.24) is 15.4 Å². The smallest absolute Gasteiger partial charge is 0.106 e. The lowest BCUT2D eigenvalue weighted by Gasteiger charge is -1.95. The molecule has 0 saturated heterocycles. The first-order valence-electron chi connectivity index (χ1n) is 3.37. The van der Waals surface area contributed by atoms with Crippen LogP contribution < -0.4 is 11.2 Å². The molecule has 1 rings (SSSR count). The molecule has 5 heteroatoms. The Morgan fingerprint density at radius 1 is 1.82 bits per heavy atom. The summed E-state index contributed by atoms with van der Waals surface area (Å²) in [7, 11) is 0. The Morgan fingerprint density at radius 2 is 2.73 bits per heavy atom. The molecule has 0 fully saturated rings. The van der Waals surface area contributed by atoms with Gasteiger partial charge in [0.05, 0.1) is 6.33 Å². The number of aromatic amines is 1. The molecule has 0 aliphatic heterocycles. The number of nitrogens with one attached hydrogen (secondary N) is 2. The molecule has 0 unspecified atom stereocenters. The van der Waals surface area contributed by atoms with Crippen LogP contribution in [0.1, 0.15) is 5.69 Å². The van der Waals surface area contributed by atoms with E-state index in [2.05, 4.69) is 20.5 Å². The number of imidazole rings is 1. The minimum absolute atomic E-state index is 0.760. The SMILES string of the molecule is NC=NNCCc1cnc[nH]1. The number of nitrogens with two attached hydrogens (primary N) is 1. The Labute approximate surface area is 64.7 Å². The van der Waals surface area contributed by atoms with Gasteiger partial charge in [0.15, 0.2) is 0 Å². The average molecular weight is 153 g/mol. The monoisotopic (exact) mass is 153 g/mol. The zero-order valence-corrected chi connectivity index (χ0v) is 6.12. The van der Waals surface area contributed by atoms with Gasteiger partial charge in [-0.25, -0.2) is 4.98 Å². The summed E-state index contributed by atoms with van der Waals surface area (Å²) < 4.78 is 0. The van der Waals surface area contributed by atoms with E-state index in [0.29, 0.717) is 0 Å². The van der Waals surface area contributed by atoms with Crippen LogP contribution in [0.3, 0.4) is 0 Å². The summed E-state index contributed by atoms with van der Waals surface area (Å²) in [5.74, 6) is 0. The van der Waals surface area contributed by atoms with Crippen molar-refractivity contribution in [3.63, 3.8) is 0 Å². The van der Waals surface area contributed by atoms with Crippen molar-refractivity contribution in [3.8, 4) is 0 Å². The molecule has 1 heterocycles. The quantitative estimate of drug-likeness (QED) is 0.235. The molecule has 0 amide bonds. The third-order valence-corrected chi connectivity index (χ3v) is 1.23. The predicted octanol–water partition coefficient (Wildman–Crippen LogP) is -0.556. The highest BCUT2D eigenvalue weighted by atomic mass is 15.3. The first kappa shape index (κ1) is 7.59. The second-order valence-electron chi connectivity index (χ2n) is 2.01. The molecule has 0 atom stereocenters. The molecular weight excluding hydrogens is 142 g/mol. The molecule has 0 spiro atoms. The van der Waals surface area contributed by atoms with E-state index in [4.69, 9.17) is 5.73 Å². The van der Waals surface area contributed by atoms with Gasteiger partial charge in [-0.1, -0.05) is 0 Å². The molecule has 0 aliphatic carbocycles. The normalized spacial score (nSPS) is 10.5. The number of nitrogens with zero attached hydrogens (tertiary/aromatic N) is 2. The van der Waals surface area contributed by atoms with Crippen molar-refractivity contribution in [2.45, 2.75) is 6.42 Å². The van der Waals surface area contributed by atoms with E-state index in [-0.39, 0.29) is 0 Å². The van der Waals surface area contributed by atoms with Crippen LogP contribution in [0.15, 0.2) is 17.6 Å². The van der Waals surface area contributed by atoms with E-state index in [1.54, 1.807) is 12.5 Å². The molecule has 1 aromatic rings. The average Bonchev–Trinajstić information content (AvgIpc) is 2.50. The number of H-pyrrole nitrogens is 1. The number of hydrazone groups is 1. The molecular formula is C6H11N5. The molecule has 11 heavy (non-hydrogen) atoms. The third kappa shape index (κ3) is 2.70. The van der Waals surface area contributed by atoms with Crippen LogP contribution in [-0.2, 0) is 6.42 Å². The minimum Gasteiger partial charge on any atom is -0.388 e. The van der Waals surface area contributed by atoms with Gasteiger partial charge >= 0.3 is 0 Å². The lowest BCUT2D eigenvalue weighted by atomic mass is 10.3. The molecule has 0 aromatic carbocycles. The van der Waals surface area contributed by atoms with Crippen molar-refractivity contribution >= 4 is 6.34 Å². The van der Waals surface area contributed by atoms with Crippen molar-refractivity contribution in [2.75, 3.05) is 6.54 Å². The Bertz CT molecular complexity index is 203. The van der Waals surface area contributed by atoms with Crippen LogP contribution in [0, 0.1) is 0 Å². The van der Waals surface area contributed by atoms with Crippen molar-refractivity contribution in [2.24, 2.45) is 10.8 Å². The van der Waals surface area contributed by atoms with Crippen molar-refractivity contribution in [3.05, 3.63) is 18.2 Å². The maximum Gasteiger partial charge on any atom is 0.106 e. The van der Waals surface area contributed by atoms with E-state index >= 15 is 0 Å². The topological polar surface area (TPSA) is 79.1 Å². The van der Waals surface area contributed by atoms with E-state index in [9.17, 15) is 0 Å². The predicted molar refractivity (Wildman–Crippen MR) is 43.0 cm³/mol. The van der Waals surface area contributed by atoms with Gasteiger partial charge in [-0.3, -0.25) is 0 Å². The Balaban J connectivity index is 2.14. The van der Waals surface area contributed by atoms with Gasteiger partial charge in [-0.15, -0.1) is 0 Å². The second-order valence-corrected chi connectivity index (χ2v) is 2.01. The van der Waals surface area contributed by atoms with Crippen LogP contribution >= 0.6 is 0 Å². The fourth-order valence-corrected chi connectivity index (χ4v) is 0.729. The van der Waals surface area contributed by atoms with Gasteiger partial charge in [0.25, 0.3) is 0 Å². The highest BCUT2D eigenvalue weighted by molar-refractivity contribution is 5.50. The number of hydrogen-bond acceptors (Lipinski definition) is 3. The van der Waals surface area contributed by atoms with E-state index in [1.807, 2.05) is 0 Å². The van der Waals surface area contributed by atoms with E-state index < -0.39 is 0 Å². The largest absolute Gasteiger partial charge is 0.388 e. The summed E-state index contributed by atoms with van der Waals surface area (Å²) in [6, 6.07) is 0. The van der Waals surface area contributed by atoms with Crippen LogP contribution in [-0.4, -0.2) is 22.9 Å². The van der Waals surface area contributed by atoms with E-state index in [1.165, 1.54) is 6.34 Å². The van der Waals surface area contributed by atoms with Gasteiger partial charge in [0.2, 0.25) is 0 Å². The third-order valence-electron chi connectivity index (χ3n) is 1.23. The fraction of sp³-hybridized carbons (Fsp3) is 0.333. The summed E-state index contributed by atoms with van der Waals surface area (Å²) >= 11 is 0. The molecule has 0 radical (unpaired) electrons. The molecule has 0 aliphatic rings. The first-order valence-corrected chi connectivity index (χ1v) is 3.37. The van der Waals surface area contributed by atoms with Crippen LogP contribution in [0.25, 0.3) is 0 Å². The summed E-state index contributed by atoms with van der Waals surface area (Å²) in [5.41, 5.74) is 8.87. The van der Waals surface area contributed by atoms with Crippen LogP contribution in [0.4, 0.5) is 0 Å². The number of aromatic nitrogens is 2. The summed E-state index contributed by atoms with van der Waals surface area (Å²) in [6.07, 6.45) is 5.54. The summed E-state index contributed by atoms with van der Waals surface area (Å²) in [6.45, 7) is 0.760. The molecule has 0 bridgehead atoms. The molecule has 60 valence electrons. The van der Waals surface area contributed by atoms with Gasteiger partial charge in [-0.2, -0.15) is 5.10 Å². The van der Waals surface area contributed by atoms with Gasteiger partial charge in [0, 0.05) is 24.9 Å².